The summed E-state index contributed by atoms with van der Waals surface area (Å²) >= 11 is 0. The van der Waals surface area contributed by atoms with Gasteiger partial charge in [0, 0.05) is 13.6 Å². The number of carbonyl (C=O) groups excluding carboxylic acids is 3. The van der Waals surface area contributed by atoms with Crippen molar-refractivity contribution in [1.29, 1.82) is 0 Å². The molecule has 1 heterocycles. The molecule has 3 amide bonds. The lowest BCUT2D eigenvalue weighted by Crippen LogP contribution is -2.59. The van der Waals surface area contributed by atoms with Gasteiger partial charge in [-0.2, -0.15) is 0 Å². The average Bonchev–Trinajstić information content (AvgIpc) is 2.35. The van der Waals surface area contributed by atoms with Gasteiger partial charge in [0.15, 0.2) is 0 Å². The topological polar surface area (TPSA) is 95.7 Å². The Bertz CT molecular complexity index is 359. The first-order valence-electron chi connectivity index (χ1n) is 6.51. The molecule has 0 aromatic heterocycles. The molecule has 0 spiro atoms. The maximum Gasteiger partial charge on any atom is 0.243 e. The second-order valence-corrected chi connectivity index (χ2v) is 4.70. The van der Waals surface area contributed by atoms with Gasteiger partial charge in [-0.3, -0.25) is 24.6 Å². The van der Waals surface area contributed by atoms with E-state index in [1.54, 1.807) is 16.8 Å². The van der Waals surface area contributed by atoms with E-state index < -0.39 is 6.04 Å². The molecule has 0 saturated carbocycles. The van der Waals surface area contributed by atoms with Gasteiger partial charge in [-0.25, -0.2) is 0 Å². The van der Waals surface area contributed by atoms with E-state index in [1.807, 2.05) is 6.92 Å². The Kier molecular flexibility index (Phi) is 5.91. The van der Waals surface area contributed by atoms with E-state index in [0.29, 0.717) is 19.5 Å². The van der Waals surface area contributed by atoms with Crippen molar-refractivity contribution in [3.05, 3.63) is 0 Å². The Morgan fingerprint density at radius 2 is 2.21 bits per heavy atom. The summed E-state index contributed by atoms with van der Waals surface area (Å²) in [4.78, 5) is 38.2. The summed E-state index contributed by atoms with van der Waals surface area (Å²) in [6.45, 7) is 3.13. The lowest BCUT2D eigenvalue weighted by Gasteiger charge is -2.33. The number of piperazine rings is 1. The molecule has 0 bridgehead atoms. The smallest absolute Gasteiger partial charge is 0.243 e. The predicted molar refractivity (Wildman–Crippen MR) is 70.1 cm³/mol. The Morgan fingerprint density at radius 3 is 2.79 bits per heavy atom. The normalized spacial score (nSPS) is 20.3. The van der Waals surface area contributed by atoms with Gasteiger partial charge in [-0.05, 0) is 19.4 Å². The van der Waals surface area contributed by atoms with Gasteiger partial charge < -0.3 is 10.6 Å². The first kappa shape index (κ1) is 15.6. The van der Waals surface area contributed by atoms with Crippen molar-refractivity contribution in [2.75, 3.05) is 33.2 Å². The van der Waals surface area contributed by atoms with Crippen molar-refractivity contribution in [3.63, 3.8) is 0 Å². The zero-order valence-electron chi connectivity index (χ0n) is 11.5. The maximum absolute atomic E-state index is 12.0. The van der Waals surface area contributed by atoms with Crippen molar-refractivity contribution in [2.24, 2.45) is 5.73 Å². The third kappa shape index (κ3) is 4.29. The SMILES string of the molecule is CCC1C(=O)NC(=O)CN1CC(=O)N(C)CCCN. The summed E-state index contributed by atoms with van der Waals surface area (Å²) in [5.41, 5.74) is 5.40. The van der Waals surface area contributed by atoms with Gasteiger partial charge in [0.25, 0.3) is 0 Å². The predicted octanol–water partition coefficient (Wildman–Crippen LogP) is -1.47. The van der Waals surface area contributed by atoms with Crippen LogP contribution in [0.15, 0.2) is 0 Å². The molecule has 0 aliphatic carbocycles. The van der Waals surface area contributed by atoms with E-state index in [9.17, 15) is 14.4 Å². The van der Waals surface area contributed by atoms with Crippen LogP contribution in [0.2, 0.25) is 0 Å². The number of carbonyl (C=O) groups is 3. The molecule has 0 aromatic rings. The highest BCUT2D eigenvalue weighted by Gasteiger charge is 2.33. The lowest BCUT2D eigenvalue weighted by atomic mass is 10.1. The van der Waals surface area contributed by atoms with E-state index in [4.69, 9.17) is 5.73 Å². The summed E-state index contributed by atoms with van der Waals surface area (Å²) < 4.78 is 0. The fourth-order valence-electron chi connectivity index (χ4n) is 2.08. The van der Waals surface area contributed by atoms with Crippen molar-refractivity contribution >= 4 is 17.7 Å². The Labute approximate surface area is 113 Å². The van der Waals surface area contributed by atoms with Crippen LogP contribution in [-0.2, 0) is 14.4 Å². The molecule has 1 fully saturated rings. The number of rotatable bonds is 6. The number of hydrogen-bond acceptors (Lipinski definition) is 5. The first-order chi connectivity index (χ1) is 8.99. The number of nitrogens with zero attached hydrogens (tertiary/aromatic N) is 2. The van der Waals surface area contributed by atoms with Crippen LogP contribution in [0.5, 0.6) is 0 Å². The summed E-state index contributed by atoms with van der Waals surface area (Å²) in [5, 5.41) is 2.29. The molecule has 3 N–H and O–H groups in total. The van der Waals surface area contributed by atoms with E-state index in [0.717, 1.165) is 6.42 Å². The molecule has 0 radical (unpaired) electrons. The van der Waals surface area contributed by atoms with Crippen molar-refractivity contribution in [1.82, 2.24) is 15.1 Å². The minimum absolute atomic E-state index is 0.0821. The number of imide groups is 1. The zero-order valence-corrected chi connectivity index (χ0v) is 11.5. The van der Waals surface area contributed by atoms with Gasteiger partial charge in [0.2, 0.25) is 17.7 Å². The second kappa shape index (κ2) is 7.20. The van der Waals surface area contributed by atoms with Gasteiger partial charge in [-0.15, -0.1) is 0 Å². The van der Waals surface area contributed by atoms with E-state index in [2.05, 4.69) is 5.32 Å². The van der Waals surface area contributed by atoms with Crippen LogP contribution in [0.3, 0.4) is 0 Å². The molecule has 7 nitrogen and oxygen atoms in total. The lowest BCUT2D eigenvalue weighted by molar-refractivity contribution is -0.142. The van der Waals surface area contributed by atoms with Crippen molar-refractivity contribution in [3.8, 4) is 0 Å². The van der Waals surface area contributed by atoms with Crippen LogP contribution >= 0.6 is 0 Å². The van der Waals surface area contributed by atoms with Crippen LogP contribution in [0.1, 0.15) is 19.8 Å². The zero-order chi connectivity index (χ0) is 14.4. The highest BCUT2D eigenvalue weighted by Crippen LogP contribution is 2.09. The third-order valence-corrected chi connectivity index (χ3v) is 3.20. The Morgan fingerprint density at radius 1 is 1.53 bits per heavy atom. The molecule has 7 heteroatoms. The molecule has 1 aliphatic rings. The molecule has 1 saturated heterocycles. The fraction of sp³-hybridized carbons (Fsp3) is 0.750. The number of likely N-dealkylation sites (N-methyl/N-ethyl adjacent to an activating group) is 1. The molecule has 108 valence electrons. The van der Waals surface area contributed by atoms with Gasteiger partial charge >= 0.3 is 0 Å². The van der Waals surface area contributed by atoms with Gasteiger partial charge in [0.05, 0.1) is 19.1 Å². The van der Waals surface area contributed by atoms with E-state index in [-0.39, 0.29) is 30.8 Å². The van der Waals surface area contributed by atoms with Crippen LogP contribution in [-0.4, -0.2) is 66.8 Å². The minimum atomic E-state index is -0.412. The van der Waals surface area contributed by atoms with Gasteiger partial charge in [-0.1, -0.05) is 6.92 Å². The molecular weight excluding hydrogens is 248 g/mol. The van der Waals surface area contributed by atoms with Crippen molar-refractivity contribution in [2.45, 2.75) is 25.8 Å². The summed E-state index contributed by atoms with van der Waals surface area (Å²) in [7, 11) is 1.70. The number of amides is 3. The van der Waals surface area contributed by atoms with E-state index >= 15 is 0 Å². The maximum atomic E-state index is 12.0. The van der Waals surface area contributed by atoms with Crippen LogP contribution < -0.4 is 11.1 Å². The largest absolute Gasteiger partial charge is 0.345 e. The molecule has 1 atom stereocenters. The van der Waals surface area contributed by atoms with Crippen molar-refractivity contribution < 1.29 is 14.4 Å². The highest BCUT2D eigenvalue weighted by atomic mass is 16.2. The highest BCUT2D eigenvalue weighted by molar-refractivity contribution is 6.01. The molecule has 1 aliphatic heterocycles. The first-order valence-corrected chi connectivity index (χ1v) is 6.51. The van der Waals surface area contributed by atoms with Crippen LogP contribution in [0.25, 0.3) is 0 Å². The monoisotopic (exact) mass is 270 g/mol. The summed E-state index contributed by atoms with van der Waals surface area (Å²) in [6.07, 6.45) is 1.30. The fourth-order valence-corrected chi connectivity index (χ4v) is 2.08. The summed E-state index contributed by atoms with van der Waals surface area (Å²) in [6, 6.07) is -0.412. The van der Waals surface area contributed by atoms with Crippen LogP contribution in [0, 0.1) is 0 Å². The van der Waals surface area contributed by atoms with Crippen LogP contribution in [0.4, 0.5) is 0 Å². The number of nitrogens with two attached hydrogens (primary N) is 1. The quantitative estimate of drug-likeness (QED) is 0.575. The Hall–Kier alpha value is -1.47. The summed E-state index contributed by atoms with van der Waals surface area (Å²) in [5.74, 6) is -0.780. The molecule has 19 heavy (non-hydrogen) atoms. The molecular formula is C12H22N4O3. The number of nitrogens with one attached hydrogen (secondary N) is 1. The number of hydrogen-bond donors (Lipinski definition) is 2. The average molecular weight is 270 g/mol. The molecule has 0 aromatic carbocycles. The minimum Gasteiger partial charge on any atom is -0.345 e. The molecule has 1 rings (SSSR count). The Balaban J connectivity index is 2.59. The van der Waals surface area contributed by atoms with E-state index in [1.165, 1.54) is 0 Å². The second-order valence-electron chi connectivity index (χ2n) is 4.70. The molecule has 1 unspecified atom stereocenters. The standard InChI is InChI=1S/C12H22N4O3/c1-3-9-12(19)14-10(17)7-16(9)8-11(18)15(2)6-4-5-13/h9H,3-8,13H2,1-2H3,(H,14,17,19). The third-order valence-electron chi connectivity index (χ3n) is 3.20. The van der Waals surface area contributed by atoms with Gasteiger partial charge in [0.1, 0.15) is 0 Å².